The molecule has 2 aromatic carbocycles. The molecule has 0 unspecified atom stereocenters. The summed E-state index contributed by atoms with van der Waals surface area (Å²) in [6.45, 7) is 2.08. The van der Waals surface area contributed by atoms with Gasteiger partial charge in [0.2, 0.25) is 0 Å². The summed E-state index contributed by atoms with van der Waals surface area (Å²) in [6, 6.07) is 18.7. The number of rotatable bonds is 10. The van der Waals surface area contributed by atoms with Crippen LogP contribution in [0.5, 0.6) is 0 Å². The van der Waals surface area contributed by atoms with Gasteiger partial charge in [0.05, 0.1) is 6.67 Å². The molecular weight excluding hydrogens is 415 g/mol. The lowest BCUT2D eigenvalue weighted by Gasteiger charge is -2.28. The minimum atomic E-state index is -0.141. The van der Waals surface area contributed by atoms with E-state index < -0.39 is 0 Å². The van der Waals surface area contributed by atoms with Crippen molar-refractivity contribution >= 4 is 0 Å². The molecule has 0 aromatic heterocycles. The first kappa shape index (κ1) is 25.2. The highest BCUT2D eigenvalue weighted by Crippen LogP contribution is 2.37. The van der Waals surface area contributed by atoms with Crippen LogP contribution in [0.2, 0.25) is 0 Å². The van der Waals surface area contributed by atoms with Crippen molar-refractivity contribution < 1.29 is 4.39 Å². The van der Waals surface area contributed by atoms with Crippen LogP contribution >= 0.6 is 0 Å². The van der Waals surface area contributed by atoms with E-state index in [2.05, 4.69) is 67.6 Å². The Morgan fingerprint density at radius 1 is 0.735 bits per heavy atom. The molecule has 2 saturated carbocycles. The second kappa shape index (κ2) is 13.3. The summed E-state index contributed by atoms with van der Waals surface area (Å²) in [4.78, 5) is 0. The summed E-state index contributed by atoms with van der Waals surface area (Å²) in [5, 5.41) is 0. The Bertz CT molecular complexity index is 846. The van der Waals surface area contributed by atoms with E-state index in [1.54, 1.807) is 0 Å². The molecule has 2 aliphatic carbocycles. The number of alkyl halides is 1. The molecule has 0 nitrogen and oxygen atoms in total. The predicted octanol–water partition coefficient (Wildman–Crippen LogP) is 10.1. The topological polar surface area (TPSA) is 0 Å². The zero-order valence-corrected chi connectivity index (χ0v) is 21.4. The zero-order chi connectivity index (χ0) is 23.6. The second-order valence-corrected chi connectivity index (χ2v) is 11.0. The first-order valence-electron chi connectivity index (χ1n) is 14.2. The van der Waals surface area contributed by atoms with Crippen LogP contribution in [0.15, 0.2) is 60.7 Å². The molecule has 4 rings (SSSR count). The molecule has 1 heteroatoms. The Balaban J connectivity index is 1.23. The maximum absolute atomic E-state index is 12.4. The molecule has 0 saturated heterocycles. The molecule has 2 aliphatic rings. The van der Waals surface area contributed by atoms with Gasteiger partial charge < -0.3 is 0 Å². The maximum atomic E-state index is 12.4. The van der Waals surface area contributed by atoms with Crippen LogP contribution in [0.25, 0.3) is 11.1 Å². The van der Waals surface area contributed by atoms with Crippen LogP contribution in [0.4, 0.5) is 4.39 Å². The Labute approximate surface area is 208 Å². The fraction of sp³-hybridized carbons (Fsp3) is 0.576. The summed E-state index contributed by atoms with van der Waals surface area (Å²) in [5.41, 5.74) is 5.66. The average molecular weight is 461 g/mol. The molecule has 0 spiro atoms. The van der Waals surface area contributed by atoms with Gasteiger partial charge in [0, 0.05) is 0 Å². The fourth-order valence-electron chi connectivity index (χ4n) is 6.33. The Kier molecular flexibility index (Phi) is 9.84. The van der Waals surface area contributed by atoms with Crippen LogP contribution in [-0.2, 0) is 6.42 Å². The largest absolute Gasteiger partial charge is 0.251 e. The van der Waals surface area contributed by atoms with Gasteiger partial charge in [0.15, 0.2) is 0 Å². The van der Waals surface area contributed by atoms with Crippen molar-refractivity contribution in [1.82, 2.24) is 0 Å². The summed E-state index contributed by atoms with van der Waals surface area (Å²) in [7, 11) is 0. The first-order chi connectivity index (χ1) is 16.7. The Hall–Kier alpha value is -1.89. The third kappa shape index (κ3) is 7.30. The van der Waals surface area contributed by atoms with Gasteiger partial charge in [-0.3, -0.25) is 4.39 Å². The number of aryl methyl sites for hydroxylation is 1. The van der Waals surface area contributed by atoms with Crippen LogP contribution in [0, 0.1) is 17.8 Å². The Morgan fingerprint density at radius 2 is 1.32 bits per heavy atom. The molecule has 34 heavy (non-hydrogen) atoms. The number of hydrogen-bond acceptors (Lipinski definition) is 0. The standard InChI is InChI=1S/C33H45F/c1-2-3-5-26-13-17-30(18-14-26)32-21-23-33(24-22-32)31-19-15-29(16-20-31)12-11-28-9-7-27(8-10-28)6-4-25-34/h3,5,15-16,19-24,26-28,30H,2,4,6-14,17-18,25H2,1H3. The number of hydrogen-bond donors (Lipinski definition) is 0. The van der Waals surface area contributed by atoms with Gasteiger partial charge in [0.1, 0.15) is 0 Å². The molecule has 184 valence electrons. The smallest absolute Gasteiger partial charge is 0.0894 e. The monoisotopic (exact) mass is 460 g/mol. The van der Waals surface area contributed by atoms with Crippen molar-refractivity contribution in [1.29, 1.82) is 0 Å². The normalized spacial score (nSPS) is 25.6. The number of benzene rings is 2. The lowest BCUT2D eigenvalue weighted by molar-refractivity contribution is 0.245. The molecule has 2 aromatic rings. The Morgan fingerprint density at radius 3 is 1.91 bits per heavy atom. The summed E-state index contributed by atoms with van der Waals surface area (Å²) < 4.78 is 12.4. The molecule has 0 radical (unpaired) electrons. The van der Waals surface area contributed by atoms with Crippen molar-refractivity contribution in [2.24, 2.45) is 17.8 Å². The summed E-state index contributed by atoms with van der Waals surface area (Å²) >= 11 is 0. The molecule has 0 atom stereocenters. The lowest BCUT2D eigenvalue weighted by atomic mass is 9.78. The van der Waals surface area contributed by atoms with Gasteiger partial charge in [-0.25, -0.2) is 0 Å². The van der Waals surface area contributed by atoms with Crippen LogP contribution < -0.4 is 0 Å². The lowest BCUT2D eigenvalue weighted by Crippen LogP contribution is -2.15. The first-order valence-corrected chi connectivity index (χ1v) is 14.2. The van der Waals surface area contributed by atoms with Gasteiger partial charge in [-0.05, 0) is 104 Å². The predicted molar refractivity (Wildman–Crippen MR) is 145 cm³/mol. The molecule has 0 bridgehead atoms. The minimum absolute atomic E-state index is 0.141. The number of halogens is 1. The van der Waals surface area contributed by atoms with Gasteiger partial charge in [-0.2, -0.15) is 0 Å². The van der Waals surface area contributed by atoms with E-state index in [1.165, 1.54) is 86.5 Å². The molecule has 0 amide bonds. The van der Waals surface area contributed by atoms with Crippen LogP contribution in [0.3, 0.4) is 0 Å². The van der Waals surface area contributed by atoms with Crippen molar-refractivity contribution in [2.45, 2.75) is 96.3 Å². The minimum Gasteiger partial charge on any atom is -0.251 e. The summed E-state index contributed by atoms with van der Waals surface area (Å²) in [5.74, 6) is 3.19. The van der Waals surface area contributed by atoms with Crippen LogP contribution in [-0.4, -0.2) is 6.67 Å². The third-order valence-corrected chi connectivity index (χ3v) is 8.64. The van der Waals surface area contributed by atoms with E-state index >= 15 is 0 Å². The van der Waals surface area contributed by atoms with Crippen molar-refractivity contribution in [3.8, 4) is 11.1 Å². The van der Waals surface area contributed by atoms with E-state index in [4.69, 9.17) is 0 Å². The van der Waals surface area contributed by atoms with Crippen molar-refractivity contribution in [2.75, 3.05) is 6.67 Å². The quantitative estimate of drug-likeness (QED) is 0.309. The van der Waals surface area contributed by atoms with E-state index in [9.17, 15) is 4.39 Å². The zero-order valence-electron chi connectivity index (χ0n) is 21.4. The van der Waals surface area contributed by atoms with Crippen molar-refractivity contribution in [3.63, 3.8) is 0 Å². The second-order valence-electron chi connectivity index (χ2n) is 11.0. The van der Waals surface area contributed by atoms with Gasteiger partial charge in [-0.15, -0.1) is 0 Å². The van der Waals surface area contributed by atoms with Gasteiger partial charge in [0.25, 0.3) is 0 Å². The summed E-state index contributed by atoms with van der Waals surface area (Å²) in [6.07, 6.45) is 21.0. The van der Waals surface area contributed by atoms with E-state index in [0.717, 1.165) is 42.9 Å². The molecule has 0 N–H and O–H groups in total. The fourth-order valence-corrected chi connectivity index (χ4v) is 6.33. The SMILES string of the molecule is CCC=CC1CCC(c2ccc(-c3ccc(CCC4CCC(CCCF)CC4)cc3)cc2)CC1. The van der Waals surface area contributed by atoms with E-state index in [1.807, 2.05) is 0 Å². The molecule has 0 heterocycles. The molecule has 0 aliphatic heterocycles. The van der Waals surface area contributed by atoms with Crippen molar-refractivity contribution in [3.05, 3.63) is 71.8 Å². The van der Waals surface area contributed by atoms with Gasteiger partial charge in [-0.1, -0.05) is 93.3 Å². The highest BCUT2D eigenvalue weighted by atomic mass is 19.1. The third-order valence-electron chi connectivity index (χ3n) is 8.64. The molecule has 2 fully saturated rings. The van der Waals surface area contributed by atoms with Crippen LogP contribution in [0.1, 0.15) is 101 Å². The maximum Gasteiger partial charge on any atom is 0.0894 e. The highest BCUT2D eigenvalue weighted by Gasteiger charge is 2.21. The number of allylic oxidation sites excluding steroid dienone is 2. The molecular formula is C33H45F. The highest BCUT2D eigenvalue weighted by molar-refractivity contribution is 5.64. The van der Waals surface area contributed by atoms with E-state index in [0.29, 0.717) is 0 Å². The van der Waals surface area contributed by atoms with Gasteiger partial charge >= 0.3 is 0 Å². The average Bonchev–Trinajstić information content (AvgIpc) is 2.91. The van der Waals surface area contributed by atoms with E-state index in [-0.39, 0.29) is 6.67 Å².